The predicted octanol–water partition coefficient (Wildman–Crippen LogP) is 7.05. The summed E-state index contributed by atoms with van der Waals surface area (Å²) in [7, 11) is 0. The van der Waals surface area contributed by atoms with Crippen LogP contribution in [0.4, 0.5) is 0 Å². The highest BCUT2D eigenvalue weighted by atomic mass is 32.1. The molecule has 5 rings (SSSR count). The Morgan fingerprint density at radius 3 is 2.13 bits per heavy atom. The Labute approximate surface area is 186 Å². The van der Waals surface area contributed by atoms with Gasteiger partial charge < -0.3 is 0 Å². The highest BCUT2D eigenvalue weighted by Crippen LogP contribution is 2.39. The van der Waals surface area contributed by atoms with Crippen LogP contribution in [-0.4, -0.2) is 10.8 Å². The molecule has 0 radical (unpaired) electrons. The van der Waals surface area contributed by atoms with Crippen LogP contribution in [0.15, 0.2) is 96.4 Å². The van der Waals surface area contributed by atoms with Gasteiger partial charge in [0.25, 0.3) is 0 Å². The lowest BCUT2D eigenvalue weighted by molar-refractivity contribution is 0.103. The van der Waals surface area contributed by atoms with E-state index in [1.165, 1.54) is 5.56 Å². The molecule has 2 nitrogen and oxygen atoms in total. The van der Waals surface area contributed by atoms with Crippen molar-refractivity contribution in [2.75, 3.05) is 0 Å². The summed E-state index contributed by atoms with van der Waals surface area (Å²) < 4.78 is 0. The van der Waals surface area contributed by atoms with Crippen molar-refractivity contribution >= 4 is 17.1 Å². The smallest absolute Gasteiger partial charge is 0.193 e. The summed E-state index contributed by atoms with van der Waals surface area (Å²) >= 11 is 1.67. The van der Waals surface area contributed by atoms with Gasteiger partial charge in [0.05, 0.1) is 10.7 Å². The van der Waals surface area contributed by atoms with Crippen molar-refractivity contribution in [1.82, 2.24) is 4.98 Å². The normalized spacial score (nSPS) is 11.0. The first-order valence-corrected chi connectivity index (χ1v) is 11.2. The summed E-state index contributed by atoms with van der Waals surface area (Å²) in [5, 5.41) is 3.17. The summed E-state index contributed by atoms with van der Waals surface area (Å²) in [6.45, 7) is 2.07. The van der Waals surface area contributed by atoms with E-state index in [1.54, 1.807) is 11.3 Å². The van der Waals surface area contributed by atoms with Crippen LogP contribution < -0.4 is 0 Å². The molecule has 0 unspecified atom stereocenters. The Morgan fingerprint density at radius 2 is 1.42 bits per heavy atom. The van der Waals surface area contributed by atoms with Crippen LogP contribution in [0.5, 0.6) is 0 Å². The van der Waals surface area contributed by atoms with E-state index >= 15 is 0 Å². The largest absolute Gasteiger partial charge is 0.289 e. The third kappa shape index (κ3) is 3.69. The van der Waals surface area contributed by atoms with Crippen molar-refractivity contribution in [2.24, 2.45) is 0 Å². The minimum absolute atomic E-state index is 0.0738. The molecule has 2 aliphatic rings. The first kappa shape index (κ1) is 19.4. The number of carbonyl (C=O) groups is 1. The first-order valence-electron chi connectivity index (χ1n) is 10.3. The molecule has 0 saturated heterocycles. The van der Waals surface area contributed by atoms with E-state index in [0.29, 0.717) is 6.42 Å². The zero-order chi connectivity index (χ0) is 21.2. The summed E-state index contributed by atoms with van der Waals surface area (Å²) in [6.07, 6.45) is 0.714. The predicted molar refractivity (Wildman–Crippen MR) is 128 cm³/mol. The fourth-order valence-corrected chi connectivity index (χ4v) is 4.94. The van der Waals surface area contributed by atoms with Gasteiger partial charge in [-0.2, -0.15) is 0 Å². The number of aromatic nitrogens is 1. The molecule has 2 aliphatic carbocycles. The quantitative estimate of drug-likeness (QED) is 0.286. The number of rotatable bonds is 5. The van der Waals surface area contributed by atoms with Crippen molar-refractivity contribution in [3.63, 3.8) is 0 Å². The number of fused-ring (bicyclic) bond motifs is 1. The number of carbonyl (C=O) groups excluding carboxylic acids is 1. The number of hydrogen-bond donors (Lipinski definition) is 0. The molecule has 3 aromatic rings. The lowest BCUT2D eigenvalue weighted by Gasteiger charge is -2.03. The van der Waals surface area contributed by atoms with Crippen LogP contribution >= 0.6 is 11.3 Å². The van der Waals surface area contributed by atoms with E-state index in [9.17, 15) is 4.79 Å². The van der Waals surface area contributed by atoms with Gasteiger partial charge in [0, 0.05) is 28.5 Å². The van der Waals surface area contributed by atoms with Crippen LogP contribution in [0.1, 0.15) is 32.1 Å². The average Bonchev–Trinajstić information content (AvgIpc) is 3.29. The van der Waals surface area contributed by atoms with Crippen molar-refractivity contribution in [1.29, 1.82) is 0 Å². The molecule has 0 amide bonds. The van der Waals surface area contributed by atoms with Crippen LogP contribution in [-0.2, 0) is 6.42 Å². The molecule has 0 spiro atoms. The van der Waals surface area contributed by atoms with Gasteiger partial charge in [0.15, 0.2) is 5.78 Å². The van der Waals surface area contributed by atoms with Gasteiger partial charge in [0.2, 0.25) is 0 Å². The van der Waals surface area contributed by atoms with E-state index in [2.05, 4.69) is 36.6 Å². The lowest BCUT2D eigenvalue weighted by atomic mass is 9.99. The number of nitrogens with zero attached hydrogens (tertiary/aromatic N) is 1. The van der Waals surface area contributed by atoms with E-state index < -0.39 is 0 Å². The van der Waals surface area contributed by atoms with Crippen molar-refractivity contribution in [3.8, 4) is 22.4 Å². The third-order valence-corrected chi connectivity index (χ3v) is 6.52. The van der Waals surface area contributed by atoms with E-state index in [4.69, 9.17) is 4.98 Å². The maximum atomic E-state index is 13.4. The Kier molecular flexibility index (Phi) is 5.19. The number of ketones is 1. The van der Waals surface area contributed by atoms with Crippen molar-refractivity contribution < 1.29 is 4.79 Å². The summed E-state index contributed by atoms with van der Waals surface area (Å²) in [5.41, 5.74) is 8.00. The Hall–Kier alpha value is -3.56. The average molecular weight is 420 g/mol. The molecular weight excluding hydrogens is 398 g/mol. The first-order chi connectivity index (χ1) is 15.2. The molecule has 3 heteroatoms. The zero-order valence-electron chi connectivity index (χ0n) is 17.2. The highest BCUT2D eigenvalue weighted by molar-refractivity contribution is 7.10. The Balaban J connectivity index is 1.58. The summed E-state index contributed by atoms with van der Waals surface area (Å²) in [5.74, 6) is 0.0738. The monoisotopic (exact) mass is 419 g/mol. The minimum atomic E-state index is 0.0738. The molecule has 0 saturated carbocycles. The van der Waals surface area contributed by atoms with Crippen LogP contribution in [0.25, 0.3) is 22.4 Å². The number of thiazole rings is 1. The Bertz CT molecular complexity index is 1320. The van der Waals surface area contributed by atoms with Gasteiger partial charge >= 0.3 is 0 Å². The maximum absolute atomic E-state index is 13.4. The molecule has 31 heavy (non-hydrogen) atoms. The van der Waals surface area contributed by atoms with Crippen LogP contribution in [0.3, 0.4) is 0 Å². The molecule has 0 N–H and O–H groups in total. The third-order valence-electron chi connectivity index (χ3n) is 5.67. The second kappa shape index (κ2) is 8.29. The van der Waals surface area contributed by atoms with Gasteiger partial charge in [-0.3, -0.25) is 4.79 Å². The number of benzene rings is 2. The fourth-order valence-electron chi connectivity index (χ4n) is 4.12. The van der Waals surface area contributed by atoms with Crippen molar-refractivity contribution in [2.45, 2.75) is 13.3 Å². The highest BCUT2D eigenvalue weighted by Gasteiger charge is 2.25. The summed E-state index contributed by atoms with van der Waals surface area (Å²) in [4.78, 5) is 18.3. The van der Waals surface area contributed by atoms with Gasteiger partial charge in [-0.15, -0.1) is 11.3 Å². The lowest BCUT2D eigenvalue weighted by Crippen LogP contribution is -2.02. The SMILES string of the molecule is Cc1c(Cc2nc(-c3ccccc3)cs2)c2cccccc-2c1C(=O)c1ccccc1. The second-order valence-corrected chi connectivity index (χ2v) is 8.52. The van der Waals surface area contributed by atoms with Crippen LogP contribution in [0.2, 0.25) is 0 Å². The molecule has 2 aromatic carbocycles. The number of hydrogen-bond acceptors (Lipinski definition) is 3. The topological polar surface area (TPSA) is 30.0 Å². The van der Waals surface area contributed by atoms with E-state index in [-0.39, 0.29) is 5.78 Å². The minimum Gasteiger partial charge on any atom is -0.289 e. The van der Waals surface area contributed by atoms with E-state index in [0.717, 1.165) is 44.1 Å². The molecule has 0 bridgehead atoms. The molecule has 1 aromatic heterocycles. The molecule has 0 atom stereocenters. The van der Waals surface area contributed by atoms with E-state index in [1.807, 2.05) is 66.7 Å². The molecular formula is C28H21NOS. The molecule has 0 aliphatic heterocycles. The molecule has 150 valence electrons. The van der Waals surface area contributed by atoms with Gasteiger partial charge in [0.1, 0.15) is 0 Å². The standard InChI is InChI=1S/C28H21NOS/c1-19-24(17-26-29-25(18-31-26)20-11-5-2-6-12-20)22-15-9-4-10-16-23(22)27(19)28(30)21-13-7-3-8-14-21/h2-16,18H,17H2,1H3. The van der Waals surface area contributed by atoms with Gasteiger partial charge in [-0.05, 0) is 29.2 Å². The fraction of sp³-hybridized carbons (Fsp3) is 0.0714. The van der Waals surface area contributed by atoms with Gasteiger partial charge in [-0.1, -0.05) is 91.0 Å². The van der Waals surface area contributed by atoms with Crippen LogP contribution in [0, 0.1) is 6.92 Å². The molecule has 0 fully saturated rings. The van der Waals surface area contributed by atoms with Gasteiger partial charge in [-0.25, -0.2) is 4.98 Å². The van der Waals surface area contributed by atoms with Crippen molar-refractivity contribution in [3.05, 3.63) is 124 Å². The maximum Gasteiger partial charge on any atom is 0.193 e. The summed E-state index contributed by atoms with van der Waals surface area (Å²) in [6, 6.07) is 30.0. The zero-order valence-corrected chi connectivity index (χ0v) is 18.0. The Morgan fingerprint density at radius 1 is 0.806 bits per heavy atom. The molecule has 1 heterocycles. The second-order valence-electron chi connectivity index (χ2n) is 7.58.